The zero-order chi connectivity index (χ0) is 12.4. The first-order chi connectivity index (χ1) is 6.46. The molecule has 0 aliphatic heterocycles. The second-order valence-electron chi connectivity index (χ2n) is 6.47. The van der Waals surface area contributed by atoms with Crippen LogP contribution in [-0.2, 0) is 0 Å². The summed E-state index contributed by atoms with van der Waals surface area (Å²) in [6.45, 7) is 17.0. The minimum absolute atomic E-state index is 0.243. The topological polar surface area (TPSA) is 0 Å². The van der Waals surface area contributed by atoms with Crippen molar-refractivity contribution in [2.75, 3.05) is 0 Å². The van der Waals surface area contributed by atoms with E-state index in [0.29, 0.717) is 5.92 Å². The lowest BCUT2D eigenvalue weighted by Crippen LogP contribution is -2.42. The molecule has 0 radical (unpaired) electrons. The molecule has 0 aromatic rings. The average Bonchev–Trinajstić information content (AvgIpc) is 1.94. The third-order valence-electron chi connectivity index (χ3n) is 3.01. The molecule has 3 heteroatoms. The maximum absolute atomic E-state index is 14.3. The summed E-state index contributed by atoms with van der Waals surface area (Å²) >= 11 is 0. The van der Waals surface area contributed by atoms with Crippen LogP contribution in [0.4, 0.5) is 4.11 Å². The average molecular weight is 247 g/mol. The fraction of sp³-hybridized carbons (Fsp3) is 0.833. The summed E-state index contributed by atoms with van der Waals surface area (Å²) in [7, 11) is -3.97. The molecule has 90 valence electrons. The Morgan fingerprint density at radius 1 is 1.07 bits per heavy atom. The van der Waals surface area contributed by atoms with Crippen LogP contribution >= 0.6 is 0 Å². The standard InChI is InChI=1S/C12H27FSi2/c1-10(2)11(3)9-12(14(4,5)6)15(7,8)13/h9-10,12H,1-8H3/b11-9+. The zero-order valence-corrected chi connectivity index (χ0v) is 13.6. The van der Waals surface area contributed by atoms with Crippen LogP contribution in [0.25, 0.3) is 0 Å². The fourth-order valence-corrected chi connectivity index (χ4v) is 11.6. The highest BCUT2D eigenvalue weighted by Crippen LogP contribution is 2.35. The molecule has 0 saturated carbocycles. The molecule has 0 N–H and O–H groups in total. The van der Waals surface area contributed by atoms with Gasteiger partial charge in [-0.05, 0) is 31.1 Å². The van der Waals surface area contributed by atoms with Gasteiger partial charge in [0.15, 0.2) is 0 Å². The number of rotatable bonds is 4. The minimum Gasteiger partial charge on any atom is -0.314 e. The van der Waals surface area contributed by atoms with Crippen molar-refractivity contribution in [3.8, 4) is 0 Å². The maximum Gasteiger partial charge on any atom is 0.245 e. The van der Waals surface area contributed by atoms with E-state index < -0.39 is 16.5 Å². The van der Waals surface area contributed by atoms with Gasteiger partial charge in [0.25, 0.3) is 0 Å². The van der Waals surface area contributed by atoms with Gasteiger partial charge >= 0.3 is 0 Å². The van der Waals surface area contributed by atoms with E-state index in [1.54, 1.807) is 0 Å². The summed E-state index contributed by atoms with van der Waals surface area (Å²) in [6.07, 6.45) is 2.24. The zero-order valence-electron chi connectivity index (χ0n) is 11.6. The van der Waals surface area contributed by atoms with E-state index in [1.165, 1.54) is 5.57 Å². The Morgan fingerprint density at radius 2 is 1.47 bits per heavy atom. The highest BCUT2D eigenvalue weighted by molar-refractivity contribution is 6.94. The van der Waals surface area contributed by atoms with Crippen LogP contribution < -0.4 is 0 Å². The van der Waals surface area contributed by atoms with Crippen LogP contribution in [0, 0.1) is 5.92 Å². The summed E-state index contributed by atoms with van der Waals surface area (Å²) in [5.41, 5.74) is 1.35. The van der Waals surface area contributed by atoms with Crippen molar-refractivity contribution in [3.63, 3.8) is 0 Å². The first-order valence-corrected chi connectivity index (χ1v) is 12.4. The van der Waals surface area contributed by atoms with Crippen molar-refractivity contribution in [1.82, 2.24) is 0 Å². The van der Waals surface area contributed by atoms with Gasteiger partial charge in [-0.3, -0.25) is 0 Å². The minimum atomic E-state index is -2.55. The van der Waals surface area contributed by atoms with Gasteiger partial charge < -0.3 is 4.11 Å². The van der Waals surface area contributed by atoms with E-state index in [9.17, 15) is 4.11 Å². The molecule has 0 heterocycles. The van der Waals surface area contributed by atoms with E-state index in [0.717, 1.165) is 0 Å². The predicted octanol–water partition coefficient (Wildman–Crippen LogP) is 5.01. The smallest absolute Gasteiger partial charge is 0.245 e. The second-order valence-corrected chi connectivity index (χ2v) is 16.2. The van der Waals surface area contributed by atoms with Crippen LogP contribution in [0.5, 0.6) is 0 Å². The van der Waals surface area contributed by atoms with E-state index in [1.807, 2.05) is 13.1 Å². The largest absolute Gasteiger partial charge is 0.314 e. The summed E-state index contributed by atoms with van der Waals surface area (Å²) in [6, 6.07) is 0. The summed E-state index contributed by atoms with van der Waals surface area (Å²) in [5, 5.41) is 0.243. The molecule has 0 saturated heterocycles. The van der Waals surface area contributed by atoms with Gasteiger partial charge in [-0.1, -0.05) is 45.1 Å². The van der Waals surface area contributed by atoms with Gasteiger partial charge in [-0.15, -0.1) is 0 Å². The summed E-state index contributed by atoms with van der Waals surface area (Å²) < 4.78 is 14.3. The molecule has 0 fully saturated rings. The molecule has 0 nitrogen and oxygen atoms in total. The van der Waals surface area contributed by atoms with Crippen molar-refractivity contribution in [2.45, 2.75) is 58.7 Å². The molecule has 1 atom stereocenters. The lowest BCUT2D eigenvalue weighted by molar-refractivity contribution is 0.753. The Labute approximate surface area is 97.2 Å². The molecule has 0 rings (SSSR count). The summed E-state index contributed by atoms with van der Waals surface area (Å²) in [5.74, 6) is 0.542. The maximum atomic E-state index is 14.3. The van der Waals surface area contributed by atoms with Crippen molar-refractivity contribution in [2.24, 2.45) is 5.92 Å². The second kappa shape index (κ2) is 4.96. The number of hydrogen-bond acceptors (Lipinski definition) is 0. The van der Waals surface area contributed by atoms with Gasteiger partial charge in [-0.2, -0.15) is 0 Å². The van der Waals surface area contributed by atoms with Crippen LogP contribution in [-0.4, -0.2) is 16.5 Å². The Kier molecular flexibility index (Phi) is 4.99. The lowest BCUT2D eigenvalue weighted by atomic mass is 10.1. The Balaban J connectivity index is 5.09. The molecule has 0 aliphatic carbocycles. The van der Waals surface area contributed by atoms with Gasteiger partial charge in [-0.25, -0.2) is 0 Å². The van der Waals surface area contributed by atoms with Crippen LogP contribution in [0.3, 0.4) is 0 Å². The van der Waals surface area contributed by atoms with E-state index >= 15 is 0 Å². The number of allylic oxidation sites excluding steroid dienone is 2. The molecular weight excluding hydrogens is 219 g/mol. The quantitative estimate of drug-likeness (QED) is 0.371. The van der Waals surface area contributed by atoms with Crippen molar-refractivity contribution in [3.05, 3.63) is 11.6 Å². The third-order valence-corrected chi connectivity index (χ3v) is 11.3. The van der Waals surface area contributed by atoms with E-state index in [4.69, 9.17) is 0 Å². The highest BCUT2D eigenvalue weighted by Gasteiger charge is 2.40. The highest BCUT2D eigenvalue weighted by atomic mass is 28.4. The predicted molar refractivity (Wildman–Crippen MR) is 74.3 cm³/mol. The molecular formula is C12H27FSi2. The van der Waals surface area contributed by atoms with Crippen LogP contribution in [0.15, 0.2) is 11.6 Å². The monoisotopic (exact) mass is 246 g/mol. The number of hydrogen-bond donors (Lipinski definition) is 0. The van der Waals surface area contributed by atoms with Crippen molar-refractivity contribution < 1.29 is 4.11 Å². The van der Waals surface area contributed by atoms with Crippen LogP contribution in [0.1, 0.15) is 20.8 Å². The molecule has 0 spiro atoms. The van der Waals surface area contributed by atoms with E-state index in [-0.39, 0.29) is 5.16 Å². The Hall–Kier alpha value is 0.104. The van der Waals surface area contributed by atoms with Crippen molar-refractivity contribution >= 4 is 16.5 Å². The Bertz CT molecular complexity index is 217. The fourth-order valence-electron chi connectivity index (χ4n) is 1.93. The van der Waals surface area contributed by atoms with Crippen LogP contribution in [0.2, 0.25) is 37.9 Å². The third kappa shape index (κ3) is 5.11. The molecule has 15 heavy (non-hydrogen) atoms. The SMILES string of the molecule is C/C(=C\C([Si](C)(C)C)[Si](C)(C)F)C(C)C. The molecule has 1 unspecified atom stereocenters. The molecule has 0 aliphatic rings. The molecule has 0 bridgehead atoms. The van der Waals surface area contributed by atoms with Gasteiger partial charge in [0.2, 0.25) is 8.41 Å². The molecule has 0 aromatic carbocycles. The lowest BCUT2D eigenvalue weighted by Gasteiger charge is -2.33. The molecule has 0 amide bonds. The Morgan fingerprint density at radius 3 is 1.67 bits per heavy atom. The van der Waals surface area contributed by atoms with Gasteiger partial charge in [0.05, 0.1) is 8.07 Å². The molecule has 0 aromatic heterocycles. The van der Waals surface area contributed by atoms with E-state index in [2.05, 4.69) is 46.5 Å². The van der Waals surface area contributed by atoms with Gasteiger partial charge in [0, 0.05) is 0 Å². The first kappa shape index (κ1) is 15.1. The van der Waals surface area contributed by atoms with Crippen molar-refractivity contribution in [1.29, 1.82) is 0 Å². The van der Waals surface area contributed by atoms with Gasteiger partial charge in [0.1, 0.15) is 0 Å². The normalized spacial score (nSPS) is 17.1. The summed E-state index contributed by atoms with van der Waals surface area (Å²) in [4.78, 5) is 0. The first-order valence-electron chi connectivity index (χ1n) is 5.83. The number of halogens is 1.